The number of nitrogens with one attached hydrogen (secondary N) is 1. The molecule has 0 fully saturated rings. The van der Waals surface area contributed by atoms with Gasteiger partial charge in [-0.05, 0) is 68.2 Å². The van der Waals surface area contributed by atoms with E-state index < -0.39 is 6.10 Å². The Hall–Kier alpha value is -2.05. The number of benzene rings is 1. The Labute approximate surface area is 193 Å². The predicted octanol–water partition coefficient (Wildman–Crippen LogP) is 6.14. The average molecular weight is 464 g/mol. The van der Waals surface area contributed by atoms with Crippen LogP contribution in [0.3, 0.4) is 0 Å². The van der Waals surface area contributed by atoms with Crippen molar-refractivity contribution in [1.82, 2.24) is 0 Å². The maximum atomic E-state index is 12.9. The van der Waals surface area contributed by atoms with Gasteiger partial charge in [0, 0.05) is 9.90 Å². The number of fused-ring (bicyclic) bond motifs is 1. The molecule has 2 aromatic rings. The molecule has 1 aromatic heterocycles. The van der Waals surface area contributed by atoms with Crippen molar-refractivity contribution < 1.29 is 19.1 Å². The minimum absolute atomic E-state index is 0.189. The number of ether oxygens (including phenoxy) is 2. The molecule has 1 amide bonds. The van der Waals surface area contributed by atoms with Crippen molar-refractivity contribution in [2.75, 3.05) is 11.9 Å². The van der Waals surface area contributed by atoms with E-state index in [0.717, 1.165) is 29.7 Å². The lowest BCUT2D eigenvalue weighted by Gasteiger charge is -2.33. The third-order valence-electron chi connectivity index (χ3n) is 5.68. The summed E-state index contributed by atoms with van der Waals surface area (Å²) in [5.41, 5.74) is 1.70. The monoisotopic (exact) mass is 463 g/mol. The maximum Gasteiger partial charge on any atom is 0.341 e. The lowest BCUT2D eigenvalue weighted by molar-refractivity contribution is -0.122. The number of halogens is 1. The Morgan fingerprint density at radius 3 is 2.71 bits per heavy atom. The Morgan fingerprint density at radius 1 is 1.32 bits per heavy atom. The van der Waals surface area contributed by atoms with Gasteiger partial charge in [0.05, 0.1) is 12.2 Å². The second-order valence-corrected chi connectivity index (χ2v) is 10.5. The highest BCUT2D eigenvalue weighted by Gasteiger charge is 2.34. The van der Waals surface area contributed by atoms with Crippen molar-refractivity contribution in [2.45, 2.75) is 60.0 Å². The first-order valence-electron chi connectivity index (χ1n) is 10.6. The largest absolute Gasteiger partial charge is 0.481 e. The zero-order chi connectivity index (χ0) is 22.8. The van der Waals surface area contributed by atoms with Gasteiger partial charge in [-0.3, -0.25) is 4.79 Å². The number of amides is 1. The fourth-order valence-electron chi connectivity index (χ4n) is 3.84. The fraction of sp³-hybridized carbons (Fsp3) is 0.500. The number of hydrogen-bond acceptors (Lipinski definition) is 5. The van der Waals surface area contributed by atoms with Crippen LogP contribution in [0.5, 0.6) is 5.75 Å². The van der Waals surface area contributed by atoms with Crippen LogP contribution in [0.2, 0.25) is 5.02 Å². The van der Waals surface area contributed by atoms with Crippen LogP contribution in [-0.2, 0) is 22.4 Å². The van der Waals surface area contributed by atoms with Crippen LogP contribution in [0.15, 0.2) is 24.3 Å². The molecule has 0 saturated heterocycles. The first-order chi connectivity index (χ1) is 14.6. The molecular formula is C24H30ClNO4S. The van der Waals surface area contributed by atoms with E-state index in [1.807, 2.05) is 0 Å². The maximum absolute atomic E-state index is 12.9. The molecule has 0 spiro atoms. The first kappa shape index (κ1) is 23.6. The number of carbonyl (C=O) groups is 2. The van der Waals surface area contributed by atoms with Crippen molar-refractivity contribution in [3.8, 4) is 5.75 Å². The summed E-state index contributed by atoms with van der Waals surface area (Å²) in [7, 11) is 0. The molecule has 7 heteroatoms. The van der Waals surface area contributed by atoms with Gasteiger partial charge in [0.25, 0.3) is 5.91 Å². The molecule has 31 heavy (non-hydrogen) atoms. The van der Waals surface area contributed by atoms with Crippen LogP contribution >= 0.6 is 22.9 Å². The molecule has 1 aromatic carbocycles. The number of anilines is 1. The van der Waals surface area contributed by atoms with Crippen molar-refractivity contribution in [3.63, 3.8) is 0 Å². The molecule has 1 heterocycles. The van der Waals surface area contributed by atoms with Crippen LogP contribution in [0.4, 0.5) is 5.00 Å². The van der Waals surface area contributed by atoms with Crippen molar-refractivity contribution in [1.29, 1.82) is 0 Å². The van der Waals surface area contributed by atoms with Crippen LogP contribution in [0.1, 0.15) is 61.8 Å². The Kier molecular flexibility index (Phi) is 7.32. The van der Waals surface area contributed by atoms with Gasteiger partial charge < -0.3 is 14.8 Å². The summed E-state index contributed by atoms with van der Waals surface area (Å²) in [6.07, 6.45) is 1.98. The topological polar surface area (TPSA) is 64.6 Å². The highest BCUT2D eigenvalue weighted by Crippen LogP contribution is 2.44. The van der Waals surface area contributed by atoms with Crippen LogP contribution in [0, 0.1) is 11.3 Å². The van der Waals surface area contributed by atoms with Gasteiger partial charge in [-0.15, -0.1) is 11.3 Å². The Balaban J connectivity index is 1.83. The highest BCUT2D eigenvalue weighted by molar-refractivity contribution is 7.17. The molecule has 2 atom stereocenters. The van der Waals surface area contributed by atoms with E-state index in [-0.39, 0.29) is 23.9 Å². The van der Waals surface area contributed by atoms with Gasteiger partial charge in [-0.1, -0.05) is 38.4 Å². The normalized spacial score (nSPS) is 16.9. The van der Waals surface area contributed by atoms with E-state index >= 15 is 0 Å². The predicted molar refractivity (Wildman–Crippen MR) is 125 cm³/mol. The van der Waals surface area contributed by atoms with Gasteiger partial charge in [0.2, 0.25) is 0 Å². The molecule has 1 N–H and O–H groups in total. The van der Waals surface area contributed by atoms with Gasteiger partial charge in [-0.25, -0.2) is 4.79 Å². The second-order valence-electron chi connectivity index (χ2n) is 8.94. The van der Waals surface area contributed by atoms with Crippen LogP contribution in [0.25, 0.3) is 0 Å². The van der Waals surface area contributed by atoms with Gasteiger partial charge in [-0.2, -0.15) is 0 Å². The highest BCUT2D eigenvalue weighted by atomic mass is 35.5. The van der Waals surface area contributed by atoms with E-state index in [4.69, 9.17) is 21.1 Å². The third kappa shape index (κ3) is 5.60. The fourth-order valence-corrected chi connectivity index (χ4v) is 5.34. The molecule has 5 nitrogen and oxygen atoms in total. The number of carbonyl (C=O) groups excluding carboxylic acids is 2. The first-order valence-corrected chi connectivity index (χ1v) is 11.8. The molecule has 0 saturated carbocycles. The second kappa shape index (κ2) is 9.61. The molecule has 0 aliphatic heterocycles. The van der Waals surface area contributed by atoms with Gasteiger partial charge in [0.15, 0.2) is 6.10 Å². The number of rotatable bonds is 6. The van der Waals surface area contributed by atoms with Crippen molar-refractivity contribution >= 4 is 39.8 Å². The quantitative estimate of drug-likeness (QED) is 0.523. The minimum atomic E-state index is -0.755. The smallest absolute Gasteiger partial charge is 0.341 e. The molecule has 3 rings (SSSR count). The molecule has 1 aliphatic rings. The molecule has 0 bridgehead atoms. The van der Waals surface area contributed by atoms with E-state index in [1.54, 1.807) is 38.1 Å². The van der Waals surface area contributed by atoms with Crippen LogP contribution in [-0.4, -0.2) is 24.6 Å². The number of hydrogen-bond donors (Lipinski definition) is 1. The van der Waals surface area contributed by atoms with Crippen LogP contribution < -0.4 is 10.1 Å². The Bertz CT molecular complexity index is 963. The summed E-state index contributed by atoms with van der Waals surface area (Å²) >= 11 is 7.48. The molecule has 1 aliphatic carbocycles. The summed E-state index contributed by atoms with van der Waals surface area (Å²) in [4.78, 5) is 26.8. The minimum Gasteiger partial charge on any atom is -0.481 e. The van der Waals surface area contributed by atoms with Gasteiger partial charge in [0.1, 0.15) is 10.8 Å². The average Bonchev–Trinajstić information content (AvgIpc) is 3.04. The van der Waals surface area contributed by atoms with E-state index in [1.165, 1.54) is 11.3 Å². The summed E-state index contributed by atoms with van der Waals surface area (Å²) in [6, 6.07) is 6.91. The van der Waals surface area contributed by atoms with Crippen molar-refractivity contribution in [2.24, 2.45) is 11.3 Å². The lowest BCUT2D eigenvalue weighted by atomic mass is 9.72. The summed E-state index contributed by atoms with van der Waals surface area (Å²) in [5, 5.41) is 4.00. The number of esters is 1. The van der Waals surface area contributed by atoms with E-state index in [9.17, 15) is 9.59 Å². The van der Waals surface area contributed by atoms with E-state index in [2.05, 4.69) is 26.1 Å². The third-order valence-corrected chi connectivity index (χ3v) is 7.09. The SMILES string of the molecule is CCOC(=O)c1c(NC(=O)C(C)Oc2cccc(Cl)c2)sc2c1CCC(C(C)(C)C)C2. The van der Waals surface area contributed by atoms with Gasteiger partial charge >= 0.3 is 5.97 Å². The molecule has 168 valence electrons. The lowest BCUT2D eigenvalue weighted by Crippen LogP contribution is -2.30. The molecule has 0 radical (unpaired) electrons. The summed E-state index contributed by atoms with van der Waals surface area (Å²) < 4.78 is 11.0. The Morgan fingerprint density at radius 2 is 2.06 bits per heavy atom. The zero-order valence-corrected chi connectivity index (χ0v) is 20.3. The number of thiophene rings is 1. The zero-order valence-electron chi connectivity index (χ0n) is 18.7. The van der Waals surface area contributed by atoms with E-state index in [0.29, 0.717) is 27.3 Å². The summed E-state index contributed by atoms with van der Waals surface area (Å²) in [6.45, 7) is 10.5. The molecule has 2 unspecified atom stereocenters. The van der Waals surface area contributed by atoms with Crippen molar-refractivity contribution in [3.05, 3.63) is 45.3 Å². The summed E-state index contributed by atoms with van der Waals surface area (Å²) in [5.74, 6) is 0.339. The standard InChI is InChI=1S/C24H30ClNO4S/c1-6-29-23(28)20-18-11-10-15(24(3,4)5)12-19(18)31-22(20)26-21(27)14(2)30-17-9-7-8-16(25)13-17/h7-9,13-15H,6,10-12H2,1-5H3,(H,26,27). The molecular weight excluding hydrogens is 434 g/mol.